The second-order valence-electron chi connectivity index (χ2n) is 7.06. The lowest BCUT2D eigenvalue weighted by Crippen LogP contribution is -2.38. The minimum atomic E-state index is -0.870. The van der Waals surface area contributed by atoms with Gasteiger partial charge in [-0.15, -0.1) is 0 Å². The van der Waals surface area contributed by atoms with Crippen molar-refractivity contribution in [3.63, 3.8) is 0 Å². The van der Waals surface area contributed by atoms with Gasteiger partial charge in [-0.05, 0) is 37.0 Å². The standard InChI is InChI=1S/C19H23F2N3O/c1-12(2)9-18(25)24-7-5-13(6-8-24)19-22-11-17(23-19)14-3-4-15(20)16(21)10-14/h3-4,10-13H,5-9H2,1-2H3,(H,22,23). The van der Waals surface area contributed by atoms with Crippen LogP contribution in [0.3, 0.4) is 0 Å². The van der Waals surface area contributed by atoms with Gasteiger partial charge in [0.2, 0.25) is 5.91 Å². The topological polar surface area (TPSA) is 49.0 Å². The number of imidazole rings is 1. The molecule has 3 rings (SSSR count). The molecule has 0 spiro atoms. The summed E-state index contributed by atoms with van der Waals surface area (Å²) >= 11 is 0. The molecule has 1 fully saturated rings. The van der Waals surface area contributed by atoms with E-state index in [1.807, 2.05) is 18.7 Å². The fourth-order valence-corrected chi connectivity index (χ4v) is 3.24. The van der Waals surface area contributed by atoms with Gasteiger partial charge in [-0.1, -0.05) is 13.8 Å². The maximum atomic E-state index is 13.4. The van der Waals surface area contributed by atoms with Gasteiger partial charge in [-0.3, -0.25) is 4.79 Å². The van der Waals surface area contributed by atoms with E-state index in [0.29, 0.717) is 23.6 Å². The van der Waals surface area contributed by atoms with Gasteiger partial charge in [0, 0.05) is 31.0 Å². The van der Waals surface area contributed by atoms with Crippen LogP contribution in [0.15, 0.2) is 24.4 Å². The first-order valence-electron chi connectivity index (χ1n) is 8.72. The average Bonchev–Trinajstić information content (AvgIpc) is 3.07. The monoisotopic (exact) mass is 347 g/mol. The minimum absolute atomic E-state index is 0.218. The van der Waals surface area contributed by atoms with Crippen molar-refractivity contribution in [2.75, 3.05) is 13.1 Å². The molecular weight excluding hydrogens is 324 g/mol. The summed E-state index contributed by atoms with van der Waals surface area (Å²) in [6.45, 7) is 5.56. The van der Waals surface area contributed by atoms with Gasteiger partial charge in [0.15, 0.2) is 11.6 Å². The molecule has 1 amide bonds. The summed E-state index contributed by atoms with van der Waals surface area (Å²) in [7, 11) is 0. The number of hydrogen-bond donors (Lipinski definition) is 1. The van der Waals surface area contributed by atoms with Crippen LogP contribution in [0.1, 0.15) is 44.9 Å². The van der Waals surface area contributed by atoms with Crippen LogP contribution in [0.25, 0.3) is 11.3 Å². The van der Waals surface area contributed by atoms with Crippen LogP contribution >= 0.6 is 0 Å². The van der Waals surface area contributed by atoms with Crippen LogP contribution in [0.5, 0.6) is 0 Å². The molecule has 0 aliphatic carbocycles. The summed E-state index contributed by atoms with van der Waals surface area (Å²) in [4.78, 5) is 21.7. The van der Waals surface area contributed by atoms with Crippen molar-refractivity contribution < 1.29 is 13.6 Å². The summed E-state index contributed by atoms with van der Waals surface area (Å²) in [5.74, 6) is -0.0466. The number of halogens is 2. The van der Waals surface area contributed by atoms with Crippen molar-refractivity contribution in [1.29, 1.82) is 0 Å². The van der Waals surface area contributed by atoms with Crippen LogP contribution in [0.2, 0.25) is 0 Å². The molecule has 6 heteroatoms. The lowest BCUT2D eigenvalue weighted by atomic mass is 9.95. The molecule has 2 aromatic rings. The summed E-state index contributed by atoms with van der Waals surface area (Å²) < 4.78 is 26.4. The highest BCUT2D eigenvalue weighted by Crippen LogP contribution is 2.29. The number of likely N-dealkylation sites (tertiary alicyclic amines) is 1. The fraction of sp³-hybridized carbons (Fsp3) is 0.474. The van der Waals surface area contributed by atoms with Gasteiger partial charge < -0.3 is 9.88 Å². The maximum Gasteiger partial charge on any atom is 0.222 e. The molecule has 1 aromatic heterocycles. The van der Waals surface area contributed by atoms with E-state index in [1.165, 1.54) is 12.1 Å². The molecule has 0 unspecified atom stereocenters. The molecular formula is C19H23F2N3O. The third-order valence-electron chi connectivity index (χ3n) is 4.64. The number of aromatic amines is 1. The van der Waals surface area contributed by atoms with Crippen molar-refractivity contribution in [2.45, 2.75) is 39.0 Å². The first kappa shape index (κ1) is 17.6. The van der Waals surface area contributed by atoms with Crippen LogP contribution < -0.4 is 0 Å². The van der Waals surface area contributed by atoms with Crippen LogP contribution in [0.4, 0.5) is 8.78 Å². The Labute approximate surface area is 146 Å². The second kappa shape index (κ2) is 7.33. The van der Waals surface area contributed by atoms with E-state index >= 15 is 0 Å². The summed E-state index contributed by atoms with van der Waals surface area (Å²) in [6, 6.07) is 3.81. The summed E-state index contributed by atoms with van der Waals surface area (Å²) in [6.07, 6.45) is 3.95. The molecule has 134 valence electrons. The molecule has 4 nitrogen and oxygen atoms in total. The number of nitrogens with one attached hydrogen (secondary N) is 1. The molecule has 0 saturated carbocycles. The highest BCUT2D eigenvalue weighted by atomic mass is 19.2. The number of hydrogen-bond acceptors (Lipinski definition) is 2. The van der Waals surface area contributed by atoms with E-state index < -0.39 is 11.6 Å². The van der Waals surface area contributed by atoms with Gasteiger partial charge in [0.25, 0.3) is 0 Å². The van der Waals surface area contributed by atoms with E-state index in [0.717, 1.165) is 37.8 Å². The number of rotatable bonds is 4. The Morgan fingerprint density at radius 3 is 2.64 bits per heavy atom. The smallest absolute Gasteiger partial charge is 0.222 e. The number of carbonyl (C=O) groups is 1. The lowest BCUT2D eigenvalue weighted by Gasteiger charge is -2.31. The molecule has 25 heavy (non-hydrogen) atoms. The first-order chi connectivity index (χ1) is 11.9. The average molecular weight is 347 g/mol. The number of benzene rings is 1. The van der Waals surface area contributed by atoms with Crippen molar-refractivity contribution in [1.82, 2.24) is 14.9 Å². The van der Waals surface area contributed by atoms with Gasteiger partial charge in [0.1, 0.15) is 5.82 Å². The Morgan fingerprint density at radius 2 is 2.00 bits per heavy atom. The van der Waals surface area contributed by atoms with Crippen LogP contribution in [0, 0.1) is 17.6 Å². The third kappa shape index (κ3) is 4.06. The summed E-state index contributed by atoms with van der Waals surface area (Å²) in [5.41, 5.74) is 1.24. The minimum Gasteiger partial charge on any atom is -0.343 e. The van der Waals surface area contributed by atoms with E-state index in [9.17, 15) is 13.6 Å². The van der Waals surface area contributed by atoms with Crippen LogP contribution in [-0.4, -0.2) is 33.9 Å². The van der Waals surface area contributed by atoms with E-state index in [4.69, 9.17) is 0 Å². The lowest BCUT2D eigenvalue weighted by molar-refractivity contribution is -0.133. The zero-order chi connectivity index (χ0) is 18.0. The molecule has 2 heterocycles. The van der Waals surface area contributed by atoms with E-state index in [-0.39, 0.29) is 11.8 Å². The second-order valence-corrected chi connectivity index (χ2v) is 7.06. The molecule has 1 aliphatic heterocycles. The highest BCUT2D eigenvalue weighted by molar-refractivity contribution is 5.76. The van der Waals surface area contributed by atoms with Crippen molar-refractivity contribution >= 4 is 5.91 Å². The van der Waals surface area contributed by atoms with Crippen molar-refractivity contribution in [2.24, 2.45) is 5.92 Å². The van der Waals surface area contributed by atoms with Gasteiger partial charge in [-0.25, -0.2) is 13.8 Å². The predicted octanol–water partition coefficient (Wildman–Crippen LogP) is 4.11. The van der Waals surface area contributed by atoms with E-state index in [1.54, 1.807) is 6.20 Å². The van der Waals surface area contributed by atoms with Gasteiger partial charge >= 0.3 is 0 Å². The Balaban J connectivity index is 1.64. The molecule has 1 aromatic carbocycles. The molecule has 1 saturated heterocycles. The fourth-order valence-electron chi connectivity index (χ4n) is 3.24. The maximum absolute atomic E-state index is 13.4. The quantitative estimate of drug-likeness (QED) is 0.905. The van der Waals surface area contributed by atoms with Gasteiger partial charge in [0.05, 0.1) is 11.9 Å². The molecule has 0 bridgehead atoms. The Kier molecular flexibility index (Phi) is 5.16. The first-order valence-corrected chi connectivity index (χ1v) is 8.72. The third-order valence-corrected chi connectivity index (χ3v) is 4.64. The van der Waals surface area contributed by atoms with E-state index in [2.05, 4.69) is 9.97 Å². The zero-order valence-electron chi connectivity index (χ0n) is 14.6. The highest BCUT2D eigenvalue weighted by Gasteiger charge is 2.25. The normalized spacial score (nSPS) is 15.8. The molecule has 0 atom stereocenters. The number of nitrogens with zero attached hydrogens (tertiary/aromatic N) is 2. The summed E-state index contributed by atoms with van der Waals surface area (Å²) in [5, 5.41) is 0. The molecule has 1 aliphatic rings. The largest absolute Gasteiger partial charge is 0.343 e. The van der Waals surface area contributed by atoms with Crippen molar-refractivity contribution in [3.05, 3.63) is 41.9 Å². The molecule has 1 N–H and O–H groups in total. The number of amides is 1. The number of aromatic nitrogens is 2. The molecule has 0 radical (unpaired) electrons. The SMILES string of the molecule is CC(C)CC(=O)N1CCC(c2ncc(-c3ccc(F)c(F)c3)[nH]2)CC1. The zero-order valence-corrected chi connectivity index (χ0v) is 14.6. The van der Waals surface area contributed by atoms with Crippen LogP contribution in [-0.2, 0) is 4.79 Å². The Bertz CT molecular complexity index is 749. The number of H-pyrrole nitrogens is 1. The van der Waals surface area contributed by atoms with Gasteiger partial charge in [-0.2, -0.15) is 0 Å². The number of piperidine rings is 1. The number of carbonyl (C=O) groups excluding carboxylic acids is 1. The Hall–Kier alpha value is -2.24. The Morgan fingerprint density at radius 1 is 1.28 bits per heavy atom. The predicted molar refractivity (Wildman–Crippen MR) is 91.9 cm³/mol. The van der Waals surface area contributed by atoms with Crippen molar-refractivity contribution in [3.8, 4) is 11.3 Å².